The molecule has 1 fully saturated rings. The van der Waals surface area contributed by atoms with Gasteiger partial charge in [-0.3, -0.25) is 10.2 Å². The third kappa shape index (κ3) is 6.82. The van der Waals surface area contributed by atoms with Crippen LogP contribution in [0.1, 0.15) is 45.1 Å². The summed E-state index contributed by atoms with van der Waals surface area (Å²) in [5.74, 6) is 1.21. The van der Waals surface area contributed by atoms with Crippen LogP contribution in [-0.2, 0) is 4.79 Å². The number of rotatable bonds is 6. The molecule has 27 heavy (non-hydrogen) atoms. The van der Waals surface area contributed by atoms with Crippen molar-refractivity contribution in [2.24, 2.45) is 11.0 Å². The minimum Gasteiger partial charge on any atom is -0.484 e. The highest BCUT2D eigenvalue weighted by atomic mass is 32.1. The van der Waals surface area contributed by atoms with Crippen molar-refractivity contribution >= 4 is 28.9 Å². The number of carbonyl (C=O) groups is 1. The summed E-state index contributed by atoms with van der Waals surface area (Å²) < 4.78 is 5.48. The van der Waals surface area contributed by atoms with Gasteiger partial charge in [0.15, 0.2) is 11.7 Å². The Morgan fingerprint density at radius 3 is 2.56 bits per heavy atom. The number of nitrogens with zero attached hydrogens (tertiary/aromatic N) is 2. The number of ether oxygens (including phenoxy) is 1. The Hall–Kier alpha value is -2.15. The molecule has 0 radical (unpaired) electrons. The van der Waals surface area contributed by atoms with Gasteiger partial charge in [0.2, 0.25) is 0 Å². The number of nitrogens with one attached hydrogen (secondary N) is 2. The van der Waals surface area contributed by atoms with Crippen LogP contribution in [0.2, 0.25) is 0 Å². The highest BCUT2D eigenvalue weighted by molar-refractivity contribution is 7.80. The molecule has 0 unspecified atom stereocenters. The molecule has 2 rings (SSSR count). The van der Waals surface area contributed by atoms with E-state index >= 15 is 0 Å². The molecule has 2 atom stereocenters. The molecule has 1 aromatic carbocycles. The van der Waals surface area contributed by atoms with E-state index in [4.69, 9.17) is 17.0 Å². The first-order valence-corrected chi connectivity index (χ1v) is 9.82. The first kappa shape index (κ1) is 21.2. The minimum atomic E-state index is -0.0747. The molecular formula is C20H30N4O2S. The standard InChI is InChI=1S/C20H30N4O2S/c1-14-7-5-6-8-18(14)21-20(27)23-22-15(2)16-9-11-17(12-10-16)26-13-19(25)24(3)4/h9-12,14,18H,5-8,13H2,1-4H3,(H2,21,23,27)/b22-15-/t14-,18-/m1/s1. The summed E-state index contributed by atoms with van der Waals surface area (Å²) in [6.45, 7) is 4.22. The number of amides is 1. The zero-order valence-corrected chi connectivity index (χ0v) is 17.4. The quantitative estimate of drug-likeness (QED) is 0.444. The van der Waals surface area contributed by atoms with Crippen molar-refractivity contribution in [3.05, 3.63) is 29.8 Å². The third-order valence-corrected chi connectivity index (χ3v) is 5.10. The molecule has 0 heterocycles. The molecule has 1 aliphatic carbocycles. The van der Waals surface area contributed by atoms with Gasteiger partial charge in [0.1, 0.15) is 5.75 Å². The zero-order valence-electron chi connectivity index (χ0n) is 16.6. The summed E-state index contributed by atoms with van der Waals surface area (Å²) in [4.78, 5) is 13.1. The van der Waals surface area contributed by atoms with E-state index in [1.54, 1.807) is 14.1 Å². The first-order chi connectivity index (χ1) is 12.9. The monoisotopic (exact) mass is 390 g/mol. The molecule has 1 saturated carbocycles. The molecule has 0 spiro atoms. The van der Waals surface area contributed by atoms with Gasteiger partial charge in [-0.25, -0.2) is 0 Å². The maximum absolute atomic E-state index is 11.6. The molecule has 1 aliphatic rings. The smallest absolute Gasteiger partial charge is 0.259 e. The van der Waals surface area contributed by atoms with Crippen LogP contribution in [0.3, 0.4) is 0 Å². The van der Waals surface area contributed by atoms with Crippen molar-refractivity contribution < 1.29 is 9.53 Å². The van der Waals surface area contributed by atoms with E-state index in [2.05, 4.69) is 22.8 Å². The van der Waals surface area contributed by atoms with Crippen LogP contribution in [0.15, 0.2) is 29.4 Å². The van der Waals surface area contributed by atoms with Gasteiger partial charge in [-0.05, 0) is 67.7 Å². The van der Waals surface area contributed by atoms with Crippen LogP contribution in [0.4, 0.5) is 0 Å². The Labute approximate surface area is 167 Å². The second kappa shape index (κ2) is 10.3. The van der Waals surface area contributed by atoms with Crippen molar-refractivity contribution in [3.63, 3.8) is 0 Å². The Balaban J connectivity index is 1.84. The largest absolute Gasteiger partial charge is 0.484 e. The second-order valence-corrected chi connectivity index (χ2v) is 7.66. The highest BCUT2D eigenvalue weighted by Crippen LogP contribution is 2.23. The van der Waals surface area contributed by atoms with Gasteiger partial charge in [-0.15, -0.1) is 0 Å². The Bertz CT molecular complexity index is 673. The lowest BCUT2D eigenvalue weighted by molar-refractivity contribution is -0.130. The van der Waals surface area contributed by atoms with E-state index in [1.807, 2.05) is 31.2 Å². The number of likely N-dealkylation sites (N-methyl/N-ethyl adjacent to an activating group) is 1. The predicted octanol–water partition coefficient (Wildman–Crippen LogP) is 2.92. The summed E-state index contributed by atoms with van der Waals surface area (Å²) in [7, 11) is 3.41. The van der Waals surface area contributed by atoms with Gasteiger partial charge in [0.05, 0.1) is 5.71 Å². The molecular weight excluding hydrogens is 360 g/mol. The van der Waals surface area contributed by atoms with E-state index in [0.717, 1.165) is 17.7 Å². The molecule has 0 saturated heterocycles. The van der Waals surface area contributed by atoms with Gasteiger partial charge in [0.25, 0.3) is 5.91 Å². The number of thiocarbonyl (C=S) groups is 1. The molecule has 1 amide bonds. The number of hydrazone groups is 1. The highest BCUT2D eigenvalue weighted by Gasteiger charge is 2.21. The van der Waals surface area contributed by atoms with Crippen LogP contribution in [-0.4, -0.2) is 48.4 Å². The summed E-state index contributed by atoms with van der Waals surface area (Å²) in [5.41, 5.74) is 4.73. The topological polar surface area (TPSA) is 66.0 Å². The molecule has 2 N–H and O–H groups in total. The molecule has 148 valence electrons. The lowest BCUT2D eigenvalue weighted by atomic mass is 9.86. The fourth-order valence-corrected chi connectivity index (χ4v) is 3.19. The lowest BCUT2D eigenvalue weighted by Crippen LogP contribution is -2.44. The average Bonchev–Trinajstić information content (AvgIpc) is 2.66. The van der Waals surface area contributed by atoms with Crippen LogP contribution >= 0.6 is 12.2 Å². The van der Waals surface area contributed by atoms with Crippen molar-refractivity contribution in [2.75, 3.05) is 20.7 Å². The van der Waals surface area contributed by atoms with E-state index in [1.165, 1.54) is 24.2 Å². The van der Waals surface area contributed by atoms with Crippen LogP contribution in [0.25, 0.3) is 0 Å². The predicted molar refractivity (Wildman–Crippen MR) is 113 cm³/mol. The van der Waals surface area contributed by atoms with Crippen molar-refractivity contribution in [2.45, 2.75) is 45.6 Å². The van der Waals surface area contributed by atoms with Gasteiger partial charge in [-0.1, -0.05) is 19.8 Å². The first-order valence-electron chi connectivity index (χ1n) is 9.41. The van der Waals surface area contributed by atoms with Crippen molar-refractivity contribution in [3.8, 4) is 5.75 Å². The summed E-state index contributed by atoms with van der Waals surface area (Å²) in [5, 5.41) is 8.32. The fourth-order valence-electron chi connectivity index (χ4n) is 3.00. The lowest BCUT2D eigenvalue weighted by Gasteiger charge is -2.30. The zero-order chi connectivity index (χ0) is 19.8. The van der Waals surface area contributed by atoms with Gasteiger partial charge in [0, 0.05) is 20.1 Å². The third-order valence-electron chi connectivity index (χ3n) is 4.89. The number of hydrogen-bond acceptors (Lipinski definition) is 4. The van der Waals surface area contributed by atoms with E-state index < -0.39 is 0 Å². The molecule has 0 aliphatic heterocycles. The molecule has 0 bridgehead atoms. The molecule has 0 aromatic heterocycles. The van der Waals surface area contributed by atoms with Gasteiger partial charge < -0.3 is 15.0 Å². The Kier molecular flexibility index (Phi) is 8.03. The van der Waals surface area contributed by atoms with Crippen LogP contribution in [0.5, 0.6) is 5.75 Å². The number of carbonyl (C=O) groups excluding carboxylic acids is 1. The van der Waals surface area contributed by atoms with E-state index in [-0.39, 0.29) is 12.5 Å². The molecule has 7 heteroatoms. The van der Waals surface area contributed by atoms with Crippen LogP contribution in [0, 0.1) is 5.92 Å². The minimum absolute atomic E-state index is 0.0283. The fraction of sp³-hybridized carbons (Fsp3) is 0.550. The Morgan fingerprint density at radius 1 is 1.26 bits per heavy atom. The van der Waals surface area contributed by atoms with Gasteiger partial charge in [-0.2, -0.15) is 5.10 Å². The average molecular weight is 391 g/mol. The van der Waals surface area contributed by atoms with E-state index in [9.17, 15) is 4.79 Å². The Morgan fingerprint density at radius 2 is 1.93 bits per heavy atom. The van der Waals surface area contributed by atoms with E-state index in [0.29, 0.717) is 22.8 Å². The number of hydrogen-bond donors (Lipinski definition) is 2. The van der Waals surface area contributed by atoms with Crippen molar-refractivity contribution in [1.82, 2.24) is 15.6 Å². The summed E-state index contributed by atoms with van der Waals surface area (Å²) in [6.07, 6.45) is 4.96. The normalized spacial score (nSPS) is 19.9. The maximum atomic E-state index is 11.6. The molecule has 6 nitrogen and oxygen atoms in total. The van der Waals surface area contributed by atoms with Crippen LogP contribution < -0.4 is 15.5 Å². The summed E-state index contributed by atoms with van der Waals surface area (Å²) >= 11 is 5.37. The summed E-state index contributed by atoms with van der Waals surface area (Å²) in [6, 6.07) is 7.91. The SMILES string of the molecule is C/C(=N/NC(=S)N[C@@H]1CCCC[C@H]1C)c1ccc(OCC(=O)N(C)C)cc1. The number of benzene rings is 1. The second-order valence-electron chi connectivity index (χ2n) is 7.25. The molecule has 1 aromatic rings. The maximum Gasteiger partial charge on any atom is 0.259 e. The van der Waals surface area contributed by atoms with Gasteiger partial charge >= 0.3 is 0 Å². The van der Waals surface area contributed by atoms with Crippen molar-refractivity contribution in [1.29, 1.82) is 0 Å².